The molecule has 2 N–H and O–H groups in total. The molecule has 0 aliphatic rings. The quantitative estimate of drug-likeness (QED) is 0.298. The van der Waals surface area contributed by atoms with E-state index in [0.29, 0.717) is 19.7 Å². The number of nitrogens with one attached hydrogen (secondary N) is 2. The van der Waals surface area contributed by atoms with Crippen molar-refractivity contribution in [3.63, 3.8) is 0 Å². The Bertz CT molecular complexity index is 567. The lowest BCUT2D eigenvalue weighted by molar-refractivity contribution is 0.0548. The average Bonchev–Trinajstić information content (AvgIpc) is 2.59. The summed E-state index contributed by atoms with van der Waals surface area (Å²) in [4.78, 5) is 6.44. The van der Waals surface area contributed by atoms with Crippen LogP contribution in [0.1, 0.15) is 32.8 Å². The summed E-state index contributed by atoms with van der Waals surface area (Å²) in [6, 6.07) is 6.75. The van der Waals surface area contributed by atoms with Gasteiger partial charge in [-0.3, -0.25) is 4.99 Å². The first-order chi connectivity index (χ1) is 12.3. The van der Waals surface area contributed by atoms with Crippen molar-refractivity contribution in [2.75, 3.05) is 47.4 Å². The largest absolute Gasteiger partial charge is 0.377 e. The van der Waals surface area contributed by atoms with Crippen LogP contribution >= 0.6 is 24.0 Å². The van der Waals surface area contributed by atoms with Gasteiger partial charge in [-0.25, -0.2) is 4.39 Å². The van der Waals surface area contributed by atoms with E-state index in [1.165, 1.54) is 6.07 Å². The van der Waals surface area contributed by atoms with Crippen molar-refractivity contribution in [2.45, 2.75) is 38.7 Å². The second kappa shape index (κ2) is 13.3. The molecule has 0 saturated heterocycles. The molecule has 0 aromatic heterocycles. The Hall–Kier alpha value is -0.930. The molecule has 1 rings (SSSR count). The van der Waals surface area contributed by atoms with E-state index in [1.54, 1.807) is 19.2 Å². The molecular weight excluding hydrogens is 458 g/mol. The fraction of sp³-hybridized carbons (Fsp3) is 0.650. The number of hydrogen-bond donors (Lipinski definition) is 2. The molecule has 7 heteroatoms. The summed E-state index contributed by atoms with van der Waals surface area (Å²) in [5.74, 6) is 0.516. The molecule has 156 valence electrons. The van der Waals surface area contributed by atoms with Gasteiger partial charge in [0.05, 0.1) is 6.10 Å². The lowest BCUT2D eigenvalue weighted by atomic mass is 9.84. The van der Waals surface area contributed by atoms with Gasteiger partial charge in [0.15, 0.2) is 5.96 Å². The Labute approximate surface area is 181 Å². The molecule has 1 atom stereocenters. The monoisotopic (exact) mass is 494 g/mol. The first-order valence-electron chi connectivity index (χ1n) is 9.25. The first-order valence-corrected chi connectivity index (χ1v) is 9.25. The highest BCUT2D eigenvalue weighted by molar-refractivity contribution is 14.0. The molecule has 1 aromatic carbocycles. The van der Waals surface area contributed by atoms with Gasteiger partial charge >= 0.3 is 0 Å². The Morgan fingerprint density at radius 1 is 1.30 bits per heavy atom. The Morgan fingerprint density at radius 3 is 2.56 bits per heavy atom. The molecule has 1 aromatic rings. The second-order valence-electron chi connectivity index (χ2n) is 7.37. The van der Waals surface area contributed by atoms with Crippen molar-refractivity contribution in [3.8, 4) is 0 Å². The van der Waals surface area contributed by atoms with Gasteiger partial charge in [0.1, 0.15) is 5.82 Å². The highest BCUT2D eigenvalue weighted by Crippen LogP contribution is 2.22. The maximum atomic E-state index is 13.5. The lowest BCUT2D eigenvalue weighted by Gasteiger charge is -2.27. The molecular formula is C20H36FIN4O. The highest BCUT2D eigenvalue weighted by Gasteiger charge is 2.21. The van der Waals surface area contributed by atoms with Crippen molar-refractivity contribution in [2.24, 2.45) is 4.99 Å². The van der Waals surface area contributed by atoms with Gasteiger partial charge in [0, 0.05) is 38.7 Å². The van der Waals surface area contributed by atoms with Crippen molar-refractivity contribution in [3.05, 3.63) is 35.6 Å². The van der Waals surface area contributed by atoms with Crippen LogP contribution in [-0.2, 0) is 10.2 Å². The van der Waals surface area contributed by atoms with Crippen LogP contribution < -0.4 is 10.6 Å². The van der Waals surface area contributed by atoms with E-state index in [4.69, 9.17) is 4.74 Å². The van der Waals surface area contributed by atoms with Gasteiger partial charge in [-0.05, 0) is 45.1 Å². The summed E-state index contributed by atoms with van der Waals surface area (Å²) in [5, 5.41) is 6.68. The standard InChI is InChI=1S/C20H35FN4O.HI/c1-7-26-18(11-12-25(5)6)14-23-19(22-4)24-15-20(2,3)16-9-8-10-17(21)13-16;/h8-10,13,18H,7,11-12,14-15H2,1-6H3,(H2,22,23,24);1H. The number of ether oxygens (including phenoxy) is 1. The van der Waals surface area contributed by atoms with E-state index in [2.05, 4.69) is 48.5 Å². The zero-order valence-corrected chi connectivity index (χ0v) is 19.8. The van der Waals surface area contributed by atoms with Crippen LogP contribution in [-0.4, -0.2) is 64.3 Å². The fourth-order valence-corrected chi connectivity index (χ4v) is 2.63. The number of guanidine groups is 1. The van der Waals surface area contributed by atoms with Crippen LogP contribution in [0.5, 0.6) is 0 Å². The molecule has 0 amide bonds. The van der Waals surface area contributed by atoms with Gasteiger partial charge in [-0.15, -0.1) is 24.0 Å². The van der Waals surface area contributed by atoms with Gasteiger partial charge in [-0.1, -0.05) is 26.0 Å². The van der Waals surface area contributed by atoms with Crippen LogP contribution in [0.4, 0.5) is 4.39 Å². The maximum Gasteiger partial charge on any atom is 0.191 e. The number of hydrogen-bond acceptors (Lipinski definition) is 3. The van der Waals surface area contributed by atoms with E-state index in [1.807, 2.05) is 13.0 Å². The summed E-state index contributed by atoms with van der Waals surface area (Å²) < 4.78 is 19.3. The normalized spacial score (nSPS) is 13.3. The maximum absolute atomic E-state index is 13.5. The summed E-state index contributed by atoms with van der Waals surface area (Å²) in [6.45, 7) is 9.19. The van der Waals surface area contributed by atoms with E-state index in [-0.39, 0.29) is 41.3 Å². The van der Waals surface area contributed by atoms with Gasteiger partial charge in [0.2, 0.25) is 0 Å². The zero-order valence-electron chi connectivity index (χ0n) is 17.5. The lowest BCUT2D eigenvalue weighted by Crippen LogP contribution is -2.46. The fourth-order valence-electron chi connectivity index (χ4n) is 2.63. The SMILES string of the molecule is CCOC(CCN(C)C)CNC(=NC)NCC(C)(C)c1cccc(F)c1.I. The molecule has 0 saturated carbocycles. The van der Waals surface area contributed by atoms with Crippen LogP contribution in [0.25, 0.3) is 0 Å². The topological polar surface area (TPSA) is 48.9 Å². The molecule has 0 aliphatic carbocycles. The minimum absolute atomic E-state index is 0. The molecule has 0 heterocycles. The number of halogens is 2. The molecule has 0 fully saturated rings. The molecule has 0 spiro atoms. The molecule has 27 heavy (non-hydrogen) atoms. The number of benzene rings is 1. The number of rotatable bonds is 10. The van der Waals surface area contributed by atoms with Crippen LogP contribution in [0.3, 0.4) is 0 Å². The van der Waals surface area contributed by atoms with Gasteiger partial charge < -0.3 is 20.3 Å². The van der Waals surface area contributed by atoms with E-state index in [9.17, 15) is 4.39 Å². The number of nitrogens with zero attached hydrogens (tertiary/aromatic N) is 2. The summed E-state index contributed by atoms with van der Waals surface area (Å²) in [5.41, 5.74) is 0.739. The van der Waals surface area contributed by atoms with Gasteiger partial charge in [-0.2, -0.15) is 0 Å². The zero-order chi connectivity index (χ0) is 19.6. The second-order valence-corrected chi connectivity index (χ2v) is 7.37. The molecule has 5 nitrogen and oxygen atoms in total. The predicted octanol–water partition coefficient (Wildman–Crippen LogP) is 3.24. The Balaban J connectivity index is 0.00000676. The molecule has 0 radical (unpaired) electrons. The third-order valence-electron chi connectivity index (χ3n) is 4.33. The Kier molecular flexibility index (Phi) is 12.8. The summed E-state index contributed by atoms with van der Waals surface area (Å²) in [6.07, 6.45) is 1.09. The minimum atomic E-state index is -0.218. The molecule has 0 aliphatic heterocycles. The van der Waals surface area contributed by atoms with Crippen LogP contribution in [0.2, 0.25) is 0 Å². The smallest absolute Gasteiger partial charge is 0.191 e. The summed E-state index contributed by atoms with van der Waals surface area (Å²) in [7, 11) is 5.87. The van der Waals surface area contributed by atoms with Crippen molar-refractivity contribution >= 4 is 29.9 Å². The third-order valence-corrected chi connectivity index (χ3v) is 4.33. The third kappa shape index (κ3) is 10.3. The molecule has 1 unspecified atom stereocenters. The minimum Gasteiger partial charge on any atom is -0.377 e. The van der Waals surface area contributed by atoms with Crippen molar-refractivity contribution in [1.82, 2.24) is 15.5 Å². The van der Waals surface area contributed by atoms with Crippen LogP contribution in [0.15, 0.2) is 29.3 Å². The van der Waals surface area contributed by atoms with E-state index >= 15 is 0 Å². The number of aliphatic imine (C=N–C) groups is 1. The van der Waals surface area contributed by atoms with Crippen molar-refractivity contribution < 1.29 is 9.13 Å². The summed E-state index contributed by atoms with van der Waals surface area (Å²) >= 11 is 0. The average molecular weight is 494 g/mol. The van der Waals surface area contributed by atoms with Crippen molar-refractivity contribution in [1.29, 1.82) is 0 Å². The molecule has 0 bridgehead atoms. The highest BCUT2D eigenvalue weighted by atomic mass is 127. The van der Waals surface area contributed by atoms with Gasteiger partial charge in [0.25, 0.3) is 0 Å². The van der Waals surface area contributed by atoms with E-state index in [0.717, 1.165) is 24.5 Å². The Morgan fingerprint density at radius 2 is 2.00 bits per heavy atom. The van der Waals surface area contributed by atoms with E-state index < -0.39 is 0 Å². The van der Waals surface area contributed by atoms with Crippen LogP contribution in [0, 0.1) is 5.82 Å². The first kappa shape index (κ1) is 26.1. The predicted molar refractivity (Wildman–Crippen MR) is 123 cm³/mol.